The molecule has 0 spiro atoms. The van der Waals surface area contributed by atoms with Crippen LogP contribution < -0.4 is 5.32 Å². The number of allylic oxidation sites excluding steroid dienone is 3. The predicted molar refractivity (Wildman–Crippen MR) is 146 cm³/mol. The van der Waals surface area contributed by atoms with Crippen molar-refractivity contribution in [1.82, 2.24) is 9.97 Å². The maximum atomic E-state index is 12.9. The first-order valence-electron chi connectivity index (χ1n) is 12.2. The highest BCUT2D eigenvalue weighted by Gasteiger charge is 2.27. The van der Waals surface area contributed by atoms with Crippen molar-refractivity contribution < 1.29 is 9.53 Å². The number of terminal acetylenes is 1. The normalized spacial score (nSPS) is 15.9. The molecule has 0 atom stereocenters. The predicted octanol–water partition coefficient (Wildman–Crippen LogP) is 6.64. The van der Waals surface area contributed by atoms with Gasteiger partial charge < -0.3 is 10.1 Å². The van der Waals surface area contributed by atoms with Crippen molar-refractivity contribution in [2.24, 2.45) is 0 Å². The van der Waals surface area contributed by atoms with Crippen molar-refractivity contribution in [3.05, 3.63) is 69.1 Å². The highest BCUT2D eigenvalue weighted by atomic mass is 79.9. The topological polar surface area (TPSA) is 64.1 Å². The Labute approximate surface area is 217 Å². The summed E-state index contributed by atoms with van der Waals surface area (Å²) < 4.78 is 6.20. The highest BCUT2D eigenvalue weighted by molar-refractivity contribution is 9.10. The molecule has 184 valence electrons. The van der Waals surface area contributed by atoms with Crippen molar-refractivity contribution >= 4 is 33.2 Å². The Balaban J connectivity index is 0.00000167. The standard InChI is InChI=1S/C27H32BrN3O2.C2H2/c1-18-10-15-23-26(22(18)9-6-16-33-2)31-25(20-7-4-3-5-8-20)27(29-23)30-24(32)17-19-11-13-21(28)14-12-19;1-2/h6,9,11-14,20H,3-5,7-8,10,15-17H2,1-2H3,(H,29,30,32);1-2H/b9-6-;. The van der Waals surface area contributed by atoms with E-state index in [4.69, 9.17) is 14.7 Å². The number of rotatable bonds is 7. The number of hydrogen-bond donors (Lipinski definition) is 1. The third kappa shape index (κ3) is 7.13. The van der Waals surface area contributed by atoms with Gasteiger partial charge in [-0.1, -0.05) is 65.1 Å². The van der Waals surface area contributed by atoms with E-state index in [-0.39, 0.29) is 5.91 Å². The van der Waals surface area contributed by atoms with Gasteiger partial charge in [0.25, 0.3) is 0 Å². The molecule has 0 bridgehead atoms. The van der Waals surface area contributed by atoms with Gasteiger partial charge in [0.15, 0.2) is 5.82 Å². The number of fused-ring (bicyclic) bond motifs is 1. The maximum Gasteiger partial charge on any atom is 0.229 e. The number of carbonyl (C=O) groups excluding carboxylic acids is 1. The summed E-state index contributed by atoms with van der Waals surface area (Å²) in [6.07, 6.45) is 20.1. The van der Waals surface area contributed by atoms with E-state index in [9.17, 15) is 4.79 Å². The zero-order chi connectivity index (χ0) is 25.2. The fraction of sp³-hybridized carbons (Fsp3) is 0.414. The van der Waals surface area contributed by atoms with E-state index in [0.29, 0.717) is 24.8 Å². The zero-order valence-corrected chi connectivity index (χ0v) is 22.2. The maximum absolute atomic E-state index is 12.9. The van der Waals surface area contributed by atoms with E-state index in [0.717, 1.165) is 58.4 Å². The lowest BCUT2D eigenvalue weighted by molar-refractivity contribution is -0.115. The molecule has 2 aliphatic rings. The SMILES string of the molecule is C#C.COC/C=C\C1=C(C)CCc2nc(NC(=O)Cc3ccc(Br)cc3)c(C3CCCCC3)nc21. The number of nitrogens with one attached hydrogen (secondary N) is 1. The number of aryl methyl sites for hydroxylation is 1. The minimum absolute atomic E-state index is 0.0497. The summed E-state index contributed by atoms with van der Waals surface area (Å²) in [5.74, 6) is 0.944. The molecule has 1 amide bonds. The van der Waals surface area contributed by atoms with Gasteiger partial charge in [-0.2, -0.15) is 0 Å². The Hall–Kier alpha value is -2.75. The van der Waals surface area contributed by atoms with Crippen LogP contribution in [0.15, 0.2) is 46.5 Å². The number of halogens is 1. The van der Waals surface area contributed by atoms with Crippen LogP contribution in [0.25, 0.3) is 5.57 Å². The number of amides is 1. The number of aromatic nitrogens is 2. The van der Waals surface area contributed by atoms with Crippen molar-refractivity contribution in [2.45, 2.75) is 64.2 Å². The number of ether oxygens (including phenoxy) is 1. The van der Waals surface area contributed by atoms with E-state index in [1.165, 1.54) is 24.8 Å². The molecule has 1 fully saturated rings. The molecule has 4 rings (SSSR count). The number of benzene rings is 1. The van der Waals surface area contributed by atoms with Crippen LogP contribution in [0.2, 0.25) is 0 Å². The second-order valence-electron chi connectivity index (χ2n) is 8.99. The van der Waals surface area contributed by atoms with Gasteiger partial charge in [0, 0.05) is 23.1 Å². The summed E-state index contributed by atoms with van der Waals surface area (Å²) in [7, 11) is 1.70. The van der Waals surface area contributed by atoms with Gasteiger partial charge in [-0.25, -0.2) is 9.97 Å². The Morgan fingerprint density at radius 1 is 1.14 bits per heavy atom. The molecule has 0 aliphatic heterocycles. The molecule has 5 nitrogen and oxygen atoms in total. The van der Waals surface area contributed by atoms with Crippen LogP contribution in [0.1, 0.15) is 74.0 Å². The van der Waals surface area contributed by atoms with Crippen LogP contribution in [0.5, 0.6) is 0 Å². The van der Waals surface area contributed by atoms with E-state index in [1.807, 2.05) is 30.3 Å². The monoisotopic (exact) mass is 535 g/mol. The van der Waals surface area contributed by atoms with Crippen molar-refractivity contribution in [1.29, 1.82) is 0 Å². The molecule has 6 heteroatoms. The highest BCUT2D eigenvalue weighted by Crippen LogP contribution is 2.38. The molecule has 0 radical (unpaired) electrons. The first-order chi connectivity index (χ1) is 17.0. The molecular formula is C29H34BrN3O2. The molecule has 0 saturated heterocycles. The molecule has 1 aromatic carbocycles. The lowest BCUT2D eigenvalue weighted by Crippen LogP contribution is -2.22. The molecular weight excluding hydrogens is 502 g/mol. The van der Waals surface area contributed by atoms with Crippen LogP contribution in [0.3, 0.4) is 0 Å². The van der Waals surface area contributed by atoms with Crippen LogP contribution in [0, 0.1) is 12.8 Å². The summed E-state index contributed by atoms with van der Waals surface area (Å²) in [6, 6.07) is 7.86. The lowest BCUT2D eigenvalue weighted by Gasteiger charge is -2.26. The second kappa shape index (κ2) is 13.4. The van der Waals surface area contributed by atoms with Crippen LogP contribution in [-0.4, -0.2) is 29.6 Å². The molecule has 2 aromatic rings. The van der Waals surface area contributed by atoms with Crippen molar-refractivity contribution in [3.63, 3.8) is 0 Å². The minimum atomic E-state index is -0.0497. The van der Waals surface area contributed by atoms with Gasteiger partial charge in [0.2, 0.25) is 5.91 Å². The zero-order valence-electron chi connectivity index (χ0n) is 20.6. The Kier molecular flexibility index (Phi) is 10.3. The third-order valence-corrected chi connectivity index (χ3v) is 7.05. The first kappa shape index (κ1) is 26.8. The van der Waals surface area contributed by atoms with Crippen LogP contribution in [0.4, 0.5) is 5.82 Å². The van der Waals surface area contributed by atoms with Crippen LogP contribution >= 0.6 is 15.9 Å². The molecule has 2 aliphatic carbocycles. The quantitative estimate of drug-likeness (QED) is 0.403. The van der Waals surface area contributed by atoms with Gasteiger partial charge in [-0.05, 0) is 50.3 Å². The smallest absolute Gasteiger partial charge is 0.229 e. The second-order valence-corrected chi connectivity index (χ2v) is 9.91. The Bertz CT molecular complexity index is 1100. The molecule has 1 saturated carbocycles. The largest absolute Gasteiger partial charge is 0.381 e. The fourth-order valence-electron chi connectivity index (χ4n) is 4.72. The fourth-order valence-corrected chi connectivity index (χ4v) is 4.98. The summed E-state index contributed by atoms with van der Waals surface area (Å²) in [6.45, 7) is 2.74. The lowest BCUT2D eigenvalue weighted by atomic mass is 9.85. The molecule has 1 heterocycles. The number of hydrogen-bond acceptors (Lipinski definition) is 4. The summed E-state index contributed by atoms with van der Waals surface area (Å²) in [4.78, 5) is 23.1. The number of anilines is 1. The average molecular weight is 537 g/mol. The van der Waals surface area contributed by atoms with Gasteiger partial charge in [-0.15, -0.1) is 12.8 Å². The molecule has 1 N–H and O–H groups in total. The average Bonchev–Trinajstić information content (AvgIpc) is 2.88. The van der Waals surface area contributed by atoms with Crippen LogP contribution in [-0.2, 0) is 22.4 Å². The van der Waals surface area contributed by atoms with E-state index < -0.39 is 0 Å². The van der Waals surface area contributed by atoms with Gasteiger partial charge in [0.05, 0.1) is 30.1 Å². The first-order valence-corrected chi connectivity index (χ1v) is 13.0. The molecule has 35 heavy (non-hydrogen) atoms. The summed E-state index contributed by atoms with van der Waals surface area (Å²) in [5, 5.41) is 3.12. The van der Waals surface area contributed by atoms with E-state index in [2.05, 4.69) is 47.1 Å². The molecule has 1 aromatic heterocycles. The molecule has 0 unspecified atom stereocenters. The minimum Gasteiger partial charge on any atom is -0.381 e. The van der Waals surface area contributed by atoms with Crippen molar-refractivity contribution in [2.75, 3.05) is 19.0 Å². The van der Waals surface area contributed by atoms with Gasteiger partial charge >= 0.3 is 0 Å². The summed E-state index contributed by atoms with van der Waals surface area (Å²) >= 11 is 3.45. The third-order valence-electron chi connectivity index (χ3n) is 6.52. The number of carbonyl (C=O) groups is 1. The Morgan fingerprint density at radius 2 is 1.86 bits per heavy atom. The summed E-state index contributed by atoms with van der Waals surface area (Å²) in [5.41, 5.74) is 6.33. The Morgan fingerprint density at radius 3 is 2.54 bits per heavy atom. The van der Waals surface area contributed by atoms with E-state index in [1.54, 1.807) is 7.11 Å². The van der Waals surface area contributed by atoms with E-state index >= 15 is 0 Å². The van der Waals surface area contributed by atoms with Gasteiger partial charge in [0.1, 0.15) is 0 Å². The van der Waals surface area contributed by atoms with Gasteiger partial charge in [-0.3, -0.25) is 4.79 Å². The van der Waals surface area contributed by atoms with Crippen molar-refractivity contribution in [3.8, 4) is 12.8 Å². The number of nitrogens with zero attached hydrogens (tertiary/aromatic N) is 2. The number of methoxy groups -OCH3 is 1.